The molecular formula is C19H22N4O4. The van der Waals surface area contributed by atoms with Crippen LogP contribution in [0.1, 0.15) is 30.5 Å². The number of hydrogen-bond acceptors (Lipinski definition) is 8. The average molecular weight is 370 g/mol. The number of nitrogens with zero attached hydrogens (tertiary/aromatic N) is 4. The molecule has 0 spiro atoms. The Kier molecular flexibility index (Phi) is 5.45. The second-order valence-corrected chi connectivity index (χ2v) is 6.39. The molecule has 0 bridgehead atoms. The van der Waals surface area contributed by atoms with E-state index in [1.165, 1.54) is 0 Å². The molecule has 0 radical (unpaired) electrons. The molecule has 0 amide bonds. The van der Waals surface area contributed by atoms with Gasteiger partial charge < -0.3 is 18.4 Å². The number of rotatable bonds is 8. The highest BCUT2D eigenvalue weighted by Gasteiger charge is 2.31. The van der Waals surface area contributed by atoms with Crippen molar-refractivity contribution in [3.8, 4) is 17.3 Å². The fraction of sp³-hybridized carbons (Fsp3) is 0.421. The van der Waals surface area contributed by atoms with Gasteiger partial charge in [0.1, 0.15) is 12.4 Å². The van der Waals surface area contributed by atoms with Gasteiger partial charge in [-0.05, 0) is 37.6 Å². The van der Waals surface area contributed by atoms with Gasteiger partial charge in [-0.3, -0.25) is 4.90 Å². The Balaban J connectivity index is 1.43. The highest BCUT2D eigenvalue weighted by atomic mass is 16.5. The lowest BCUT2D eigenvalue weighted by molar-refractivity contribution is 0.144. The van der Waals surface area contributed by atoms with Crippen molar-refractivity contribution in [2.24, 2.45) is 0 Å². The molecule has 3 aromatic heterocycles. The zero-order chi connectivity index (χ0) is 18.5. The van der Waals surface area contributed by atoms with Crippen molar-refractivity contribution >= 4 is 0 Å². The molecule has 1 aliphatic heterocycles. The molecule has 1 unspecified atom stereocenters. The van der Waals surface area contributed by atoms with Crippen molar-refractivity contribution in [2.75, 3.05) is 26.9 Å². The maximum atomic E-state index is 5.55. The standard InChI is InChI=1S/C19H22N4O4/c1-24-10-11-26-17-7-6-14(12-20-17)18-21-19(27-22-18)16-5-2-8-23(16)13-15-4-3-9-25-15/h3-4,6-7,9,12,16H,2,5,8,10-11,13H2,1H3. The van der Waals surface area contributed by atoms with Crippen LogP contribution >= 0.6 is 0 Å². The van der Waals surface area contributed by atoms with Crippen LogP contribution in [0, 0.1) is 0 Å². The average Bonchev–Trinajstić information content (AvgIpc) is 3.45. The van der Waals surface area contributed by atoms with Crippen molar-refractivity contribution in [3.05, 3.63) is 48.4 Å². The number of pyridine rings is 1. The van der Waals surface area contributed by atoms with Gasteiger partial charge in [0.15, 0.2) is 0 Å². The highest BCUT2D eigenvalue weighted by Crippen LogP contribution is 2.33. The minimum absolute atomic E-state index is 0.112. The van der Waals surface area contributed by atoms with Crippen molar-refractivity contribution < 1.29 is 18.4 Å². The van der Waals surface area contributed by atoms with Crippen LogP contribution in [0.5, 0.6) is 5.88 Å². The maximum Gasteiger partial charge on any atom is 0.244 e. The Morgan fingerprint density at radius 3 is 3.00 bits per heavy atom. The monoisotopic (exact) mass is 370 g/mol. The molecular weight excluding hydrogens is 348 g/mol. The lowest BCUT2D eigenvalue weighted by Gasteiger charge is -2.19. The molecule has 1 saturated heterocycles. The van der Waals surface area contributed by atoms with E-state index in [1.807, 2.05) is 18.2 Å². The molecule has 4 rings (SSSR count). The largest absolute Gasteiger partial charge is 0.475 e. The zero-order valence-electron chi connectivity index (χ0n) is 15.2. The van der Waals surface area contributed by atoms with Gasteiger partial charge >= 0.3 is 0 Å². The molecule has 3 aromatic rings. The minimum atomic E-state index is 0.112. The van der Waals surface area contributed by atoms with E-state index in [9.17, 15) is 0 Å². The first-order valence-corrected chi connectivity index (χ1v) is 9.01. The third kappa shape index (κ3) is 4.17. The van der Waals surface area contributed by atoms with Crippen LogP contribution in [0.2, 0.25) is 0 Å². The molecule has 4 heterocycles. The predicted molar refractivity (Wildman–Crippen MR) is 96.0 cm³/mol. The number of furan rings is 1. The number of likely N-dealkylation sites (tertiary alicyclic amines) is 1. The number of ether oxygens (including phenoxy) is 2. The van der Waals surface area contributed by atoms with Gasteiger partial charge in [-0.25, -0.2) is 4.98 Å². The van der Waals surface area contributed by atoms with E-state index in [2.05, 4.69) is 20.0 Å². The van der Waals surface area contributed by atoms with E-state index < -0.39 is 0 Å². The van der Waals surface area contributed by atoms with Gasteiger partial charge in [0.25, 0.3) is 0 Å². The van der Waals surface area contributed by atoms with Gasteiger partial charge in [-0.15, -0.1) is 0 Å². The second kappa shape index (κ2) is 8.32. The lowest BCUT2D eigenvalue weighted by atomic mass is 10.2. The van der Waals surface area contributed by atoms with Crippen LogP contribution in [-0.4, -0.2) is 46.9 Å². The van der Waals surface area contributed by atoms with Gasteiger partial charge in [-0.2, -0.15) is 4.98 Å². The Morgan fingerprint density at radius 2 is 2.22 bits per heavy atom. The summed E-state index contributed by atoms with van der Waals surface area (Å²) in [5.74, 6) is 2.65. The fourth-order valence-electron chi connectivity index (χ4n) is 3.21. The lowest BCUT2D eigenvalue weighted by Crippen LogP contribution is -2.22. The van der Waals surface area contributed by atoms with E-state index in [4.69, 9.17) is 18.4 Å². The van der Waals surface area contributed by atoms with Crippen LogP contribution in [0.25, 0.3) is 11.4 Å². The molecule has 0 aromatic carbocycles. The summed E-state index contributed by atoms with van der Waals surface area (Å²) >= 11 is 0. The molecule has 142 valence electrons. The molecule has 27 heavy (non-hydrogen) atoms. The zero-order valence-corrected chi connectivity index (χ0v) is 15.2. The number of hydrogen-bond donors (Lipinski definition) is 0. The van der Waals surface area contributed by atoms with E-state index in [-0.39, 0.29) is 6.04 Å². The Labute approximate surface area is 157 Å². The third-order valence-corrected chi connectivity index (χ3v) is 4.56. The molecule has 8 nitrogen and oxygen atoms in total. The summed E-state index contributed by atoms with van der Waals surface area (Å²) in [7, 11) is 1.63. The summed E-state index contributed by atoms with van der Waals surface area (Å²) in [6.07, 6.45) is 5.47. The van der Waals surface area contributed by atoms with Crippen LogP contribution in [0.15, 0.2) is 45.7 Å². The van der Waals surface area contributed by atoms with Gasteiger partial charge in [0.05, 0.1) is 25.5 Å². The summed E-state index contributed by atoms with van der Waals surface area (Å²) in [6, 6.07) is 7.66. The first-order chi connectivity index (χ1) is 13.3. The first-order valence-electron chi connectivity index (χ1n) is 9.01. The highest BCUT2D eigenvalue weighted by molar-refractivity contribution is 5.53. The van der Waals surface area contributed by atoms with E-state index in [1.54, 1.807) is 25.6 Å². The van der Waals surface area contributed by atoms with E-state index >= 15 is 0 Å². The molecule has 0 N–H and O–H groups in total. The maximum absolute atomic E-state index is 5.55. The van der Waals surface area contributed by atoms with E-state index in [0.29, 0.717) is 30.8 Å². The SMILES string of the molecule is COCCOc1ccc(-c2noc(C3CCCN3Cc3ccco3)n2)cn1. The topological polar surface area (TPSA) is 86.7 Å². The molecule has 0 aliphatic carbocycles. The molecule has 8 heteroatoms. The van der Waals surface area contributed by atoms with Crippen LogP contribution < -0.4 is 4.74 Å². The normalized spacial score (nSPS) is 17.4. The first kappa shape index (κ1) is 17.7. The van der Waals surface area contributed by atoms with Gasteiger partial charge in [0, 0.05) is 24.9 Å². The Bertz CT molecular complexity index is 832. The molecule has 1 atom stereocenters. The van der Waals surface area contributed by atoms with Crippen LogP contribution in [0.4, 0.5) is 0 Å². The second-order valence-electron chi connectivity index (χ2n) is 6.39. The minimum Gasteiger partial charge on any atom is -0.475 e. The van der Waals surface area contributed by atoms with E-state index in [0.717, 1.165) is 37.3 Å². The summed E-state index contributed by atoms with van der Waals surface area (Å²) in [5.41, 5.74) is 0.791. The van der Waals surface area contributed by atoms with Crippen molar-refractivity contribution in [1.82, 2.24) is 20.0 Å². The summed E-state index contributed by atoms with van der Waals surface area (Å²) < 4.78 is 21.4. The smallest absolute Gasteiger partial charge is 0.244 e. The van der Waals surface area contributed by atoms with Gasteiger partial charge in [0.2, 0.25) is 17.6 Å². The predicted octanol–water partition coefficient (Wildman–Crippen LogP) is 3.09. The van der Waals surface area contributed by atoms with Gasteiger partial charge in [-0.1, -0.05) is 5.16 Å². The quantitative estimate of drug-likeness (QED) is 0.559. The van der Waals surface area contributed by atoms with Crippen LogP contribution in [-0.2, 0) is 11.3 Å². The molecule has 0 saturated carbocycles. The summed E-state index contributed by atoms with van der Waals surface area (Å²) in [4.78, 5) is 11.2. The Morgan fingerprint density at radius 1 is 1.26 bits per heavy atom. The molecule has 1 fully saturated rings. The van der Waals surface area contributed by atoms with Crippen molar-refractivity contribution in [2.45, 2.75) is 25.4 Å². The summed E-state index contributed by atoms with van der Waals surface area (Å²) in [6.45, 7) is 2.71. The van der Waals surface area contributed by atoms with Crippen molar-refractivity contribution in [1.29, 1.82) is 0 Å². The third-order valence-electron chi connectivity index (χ3n) is 4.56. The van der Waals surface area contributed by atoms with Crippen LogP contribution in [0.3, 0.4) is 0 Å². The number of methoxy groups -OCH3 is 1. The molecule has 1 aliphatic rings. The van der Waals surface area contributed by atoms with Crippen molar-refractivity contribution in [3.63, 3.8) is 0 Å². The number of aromatic nitrogens is 3. The fourth-order valence-corrected chi connectivity index (χ4v) is 3.21. The summed E-state index contributed by atoms with van der Waals surface area (Å²) in [5, 5.41) is 4.13. The Hall–Kier alpha value is -2.71.